The molecule has 1 unspecified atom stereocenters. The Kier molecular flexibility index (Phi) is 4.60. The highest BCUT2D eigenvalue weighted by molar-refractivity contribution is 5.81. The van der Waals surface area contributed by atoms with Gasteiger partial charge in [-0.25, -0.2) is 4.39 Å². The molecule has 2 N–H and O–H groups in total. The highest BCUT2D eigenvalue weighted by atomic mass is 19.1. The van der Waals surface area contributed by atoms with Gasteiger partial charge in [0.25, 0.3) is 0 Å². The summed E-state index contributed by atoms with van der Waals surface area (Å²) in [6.07, 6.45) is 2.26. The smallest absolute Gasteiger partial charge is 0.311 e. The van der Waals surface area contributed by atoms with Gasteiger partial charge in [-0.05, 0) is 37.3 Å². The summed E-state index contributed by atoms with van der Waals surface area (Å²) in [7, 11) is 0. The van der Waals surface area contributed by atoms with Crippen molar-refractivity contribution in [1.29, 1.82) is 0 Å². The van der Waals surface area contributed by atoms with Crippen LogP contribution in [0.2, 0.25) is 0 Å². The van der Waals surface area contributed by atoms with Crippen LogP contribution in [0.4, 0.5) is 4.39 Å². The van der Waals surface area contributed by atoms with Gasteiger partial charge in [-0.3, -0.25) is 9.59 Å². The van der Waals surface area contributed by atoms with Crippen LogP contribution in [0.5, 0.6) is 0 Å². The molecule has 5 heteroatoms. The van der Waals surface area contributed by atoms with Gasteiger partial charge in [0.05, 0.1) is 5.41 Å². The number of amides is 1. The van der Waals surface area contributed by atoms with E-state index in [9.17, 15) is 14.0 Å². The second-order valence-electron chi connectivity index (χ2n) is 5.83. The maximum absolute atomic E-state index is 13.5. The quantitative estimate of drug-likeness (QED) is 0.811. The lowest BCUT2D eigenvalue weighted by molar-refractivity contribution is -0.143. The lowest BCUT2D eigenvalue weighted by Gasteiger charge is -2.15. The van der Waals surface area contributed by atoms with E-state index in [0.29, 0.717) is 31.2 Å². The van der Waals surface area contributed by atoms with Crippen LogP contribution >= 0.6 is 0 Å². The Labute approximate surface area is 123 Å². The number of carbonyl (C=O) groups is 2. The summed E-state index contributed by atoms with van der Waals surface area (Å²) in [5, 5.41) is 11.7. The molecule has 0 saturated heterocycles. The number of nitrogens with one attached hydrogen (secondary N) is 1. The first kappa shape index (κ1) is 15.5. The van der Waals surface area contributed by atoms with Gasteiger partial charge in [0.15, 0.2) is 0 Å². The Balaban J connectivity index is 1.78. The van der Waals surface area contributed by atoms with Crippen molar-refractivity contribution in [2.45, 2.75) is 32.6 Å². The lowest BCUT2D eigenvalue weighted by Crippen LogP contribution is -2.37. The number of hydrogen-bond acceptors (Lipinski definition) is 2. The molecule has 1 amide bonds. The minimum Gasteiger partial charge on any atom is -0.481 e. The Bertz CT molecular complexity index is 540. The Morgan fingerprint density at radius 1 is 1.38 bits per heavy atom. The summed E-state index contributed by atoms with van der Waals surface area (Å²) in [6, 6.07) is 6.52. The molecule has 1 saturated carbocycles. The van der Waals surface area contributed by atoms with Gasteiger partial charge in [0, 0.05) is 12.5 Å². The van der Waals surface area contributed by atoms with E-state index in [0.717, 1.165) is 0 Å². The van der Waals surface area contributed by atoms with Crippen molar-refractivity contribution < 1.29 is 19.1 Å². The molecule has 0 spiro atoms. The monoisotopic (exact) mass is 293 g/mol. The number of rotatable bonds is 7. The molecule has 21 heavy (non-hydrogen) atoms. The van der Waals surface area contributed by atoms with Crippen molar-refractivity contribution >= 4 is 11.9 Å². The molecule has 0 aliphatic heterocycles. The largest absolute Gasteiger partial charge is 0.481 e. The average Bonchev–Trinajstić information content (AvgIpc) is 3.25. The summed E-state index contributed by atoms with van der Waals surface area (Å²) in [5.74, 6) is -1.54. The fraction of sp³-hybridized carbons (Fsp3) is 0.500. The van der Waals surface area contributed by atoms with Crippen molar-refractivity contribution in [3.8, 4) is 0 Å². The molecule has 0 radical (unpaired) electrons. The third kappa shape index (κ3) is 3.80. The first-order valence-corrected chi connectivity index (χ1v) is 7.19. The third-order valence-corrected chi connectivity index (χ3v) is 4.16. The van der Waals surface area contributed by atoms with Crippen molar-refractivity contribution in [3.05, 3.63) is 35.6 Å². The summed E-state index contributed by atoms with van der Waals surface area (Å²) in [6.45, 7) is 1.96. The van der Waals surface area contributed by atoms with Crippen LogP contribution in [-0.2, 0) is 16.0 Å². The molecule has 1 atom stereocenters. The van der Waals surface area contributed by atoms with Crippen LogP contribution in [0.1, 0.15) is 31.7 Å². The first-order valence-electron chi connectivity index (χ1n) is 7.19. The van der Waals surface area contributed by atoms with Crippen LogP contribution in [0, 0.1) is 17.2 Å². The molecule has 0 heterocycles. The molecule has 1 aliphatic carbocycles. The predicted octanol–water partition coefficient (Wildman–Crippen LogP) is 2.38. The summed E-state index contributed by atoms with van der Waals surface area (Å²) in [5.41, 5.74) is -0.151. The molecule has 4 nitrogen and oxygen atoms in total. The van der Waals surface area contributed by atoms with E-state index in [-0.39, 0.29) is 24.2 Å². The number of carboxylic acid groups (broad SMARTS) is 1. The highest BCUT2D eigenvalue weighted by Gasteiger charge is 2.50. The molecule has 1 aromatic carbocycles. The van der Waals surface area contributed by atoms with E-state index in [1.165, 1.54) is 6.07 Å². The second kappa shape index (κ2) is 6.24. The van der Waals surface area contributed by atoms with Crippen LogP contribution in [0.25, 0.3) is 0 Å². The average molecular weight is 293 g/mol. The minimum absolute atomic E-state index is 0.168. The predicted molar refractivity (Wildman–Crippen MR) is 76.2 cm³/mol. The zero-order chi connectivity index (χ0) is 15.5. The minimum atomic E-state index is -0.846. The van der Waals surface area contributed by atoms with Crippen LogP contribution in [0.15, 0.2) is 24.3 Å². The van der Waals surface area contributed by atoms with Gasteiger partial charge in [-0.1, -0.05) is 25.1 Å². The van der Waals surface area contributed by atoms with E-state index < -0.39 is 11.4 Å². The van der Waals surface area contributed by atoms with Crippen molar-refractivity contribution in [1.82, 2.24) is 5.32 Å². The number of benzene rings is 1. The number of halogens is 1. The summed E-state index contributed by atoms with van der Waals surface area (Å²) >= 11 is 0. The standard InChI is InChI=1S/C16H20FNO3/c1-11(6-7-12-4-2-3-5-13(12)17)14(19)18-10-16(8-9-16)15(20)21/h2-5,11H,6-10H2,1H3,(H,18,19)(H,20,21). The van der Waals surface area contributed by atoms with Crippen molar-refractivity contribution in [2.24, 2.45) is 11.3 Å². The van der Waals surface area contributed by atoms with Gasteiger partial charge in [0.1, 0.15) is 5.82 Å². The van der Waals surface area contributed by atoms with E-state index in [1.807, 2.05) is 0 Å². The number of aliphatic carboxylic acids is 1. The second-order valence-corrected chi connectivity index (χ2v) is 5.83. The normalized spacial score (nSPS) is 17.0. The van der Waals surface area contributed by atoms with Gasteiger partial charge in [-0.15, -0.1) is 0 Å². The Morgan fingerprint density at radius 3 is 2.62 bits per heavy atom. The molecule has 0 bridgehead atoms. The first-order chi connectivity index (χ1) is 9.94. The van der Waals surface area contributed by atoms with Crippen LogP contribution in [-0.4, -0.2) is 23.5 Å². The van der Waals surface area contributed by atoms with Gasteiger partial charge in [-0.2, -0.15) is 0 Å². The topological polar surface area (TPSA) is 66.4 Å². The van der Waals surface area contributed by atoms with E-state index in [2.05, 4.69) is 5.32 Å². The van der Waals surface area contributed by atoms with Gasteiger partial charge in [0.2, 0.25) is 5.91 Å². The van der Waals surface area contributed by atoms with Crippen LogP contribution < -0.4 is 5.32 Å². The SMILES string of the molecule is CC(CCc1ccccc1F)C(=O)NCC1(C(=O)O)CC1. The van der Waals surface area contributed by atoms with E-state index in [4.69, 9.17) is 5.11 Å². The van der Waals surface area contributed by atoms with E-state index in [1.54, 1.807) is 25.1 Å². The maximum atomic E-state index is 13.5. The van der Waals surface area contributed by atoms with E-state index >= 15 is 0 Å². The number of carbonyl (C=O) groups excluding carboxylic acids is 1. The fourth-order valence-electron chi connectivity index (χ4n) is 2.25. The van der Waals surface area contributed by atoms with Gasteiger partial charge >= 0.3 is 5.97 Å². The molecule has 2 rings (SSSR count). The molecule has 1 aromatic rings. The summed E-state index contributed by atoms with van der Waals surface area (Å²) in [4.78, 5) is 23.0. The highest BCUT2D eigenvalue weighted by Crippen LogP contribution is 2.45. The maximum Gasteiger partial charge on any atom is 0.311 e. The molecule has 114 valence electrons. The number of aryl methyl sites for hydroxylation is 1. The van der Waals surface area contributed by atoms with Gasteiger partial charge < -0.3 is 10.4 Å². The number of hydrogen-bond donors (Lipinski definition) is 2. The Hall–Kier alpha value is -1.91. The zero-order valence-corrected chi connectivity index (χ0v) is 12.1. The third-order valence-electron chi connectivity index (χ3n) is 4.16. The molecule has 0 aromatic heterocycles. The Morgan fingerprint density at radius 2 is 2.05 bits per heavy atom. The molecular formula is C16H20FNO3. The molecular weight excluding hydrogens is 273 g/mol. The summed E-state index contributed by atoms with van der Waals surface area (Å²) < 4.78 is 13.5. The zero-order valence-electron chi connectivity index (χ0n) is 12.1. The lowest BCUT2D eigenvalue weighted by atomic mass is 9.99. The van der Waals surface area contributed by atoms with Crippen molar-refractivity contribution in [3.63, 3.8) is 0 Å². The number of carboxylic acids is 1. The molecule has 1 aliphatic rings. The van der Waals surface area contributed by atoms with Crippen LogP contribution in [0.3, 0.4) is 0 Å². The molecule has 1 fully saturated rings. The fourth-order valence-corrected chi connectivity index (χ4v) is 2.25. The van der Waals surface area contributed by atoms with Crippen molar-refractivity contribution in [2.75, 3.05) is 6.54 Å².